The molecule has 0 saturated carbocycles. The fourth-order valence-electron chi connectivity index (χ4n) is 1.95. The molecule has 1 N–H and O–H groups in total. The van der Waals surface area contributed by atoms with Gasteiger partial charge < -0.3 is 19.5 Å². The minimum absolute atomic E-state index is 0.0717. The van der Waals surface area contributed by atoms with Crippen LogP contribution in [0.4, 0.5) is 5.69 Å². The fourth-order valence-corrected chi connectivity index (χ4v) is 1.95. The van der Waals surface area contributed by atoms with Crippen molar-refractivity contribution in [1.82, 2.24) is 0 Å². The summed E-state index contributed by atoms with van der Waals surface area (Å²) in [6.07, 6.45) is 0.405. The van der Waals surface area contributed by atoms with Crippen molar-refractivity contribution in [2.24, 2.45) is 0 Å². The number of amides is 1. The number of esters is 1. The highest BCUT2D eigenvalue weighted by molar-refractivity contribution is 5.92. The lowest BCUT2D eigenvalue weighted by Gasteiger charge is -2.08. The molecule has 0 saturated heterocycles. The molecule has 0 bridgehead atoms. The number of ether oxygens (including phenoxy) is 3. The topological polar surface area (TPSA) is 73.9 Å². The van der Waals surface area contributed by atoms with Gasteiger partial charge in [-0.05, 0) is 48.5 Å². The third-order valence-electron chi connectivity index (χ3n) is 3.32. The average Bonchev–Trinajstić information content (AvgIpc) is 2.64. The predicted molar refractivity (Wildman–Crippen MR) is 94.1 cm³/mol. The van der Waals surface area contributed by atoms with E-state index < -0.39 is 5.97 Å². The maximum Gasteiger partial charge on any atom is 0.343 e. The molecule has 0 aliphatic carbocycles. The minimum Gasteiger partial charge on any atom is -0.491 e. The van der Waals surface area contributed by atoms with Gasteiger partial charge in [0.25, 0.3) is 0 Å². The van der Waals surface area contributed by atoms with Gasteiger partial charge in [-0.1, -0.05) is 6.92 Å². The Morgan fingerprint density at radius 1 is 0.920 bits per heavy atom. The molecular weight excluding hydrogens is 322 g/mol. The smallest absolute Gasteiger partial charge is 0.343 e. The lowest BCUT2D eigenvalue weighted by Crippen LogP contribution is -2.10. The Balaban J connectivity index is 1.91. The van der Waals surface area contributed by atoms with E-state index in [-0.39, 0.29) is 5.91 Å². The van der Waals surface area contributed by atoms with E-state index in [2.05, 4.69) is 5.32 Å². The first-order valence-electron chi connectivity index (χ1n) is 7.96. The van der Waals surface area contributed by atoms with Crippen LogP contribution in [0.25, 0.3) is 0 Å². The van der Waals surface area contributed by atoms with Crippen LogP contribution in [-0.2, 0) is 9.53 Å². The van der Waals surface area contributed by atoms with Crippen LogP contribution in [0.1, 0.15) is 23.7 Å². The second kappa shape index (κ2) is 9.44. The van der Waals surface area contributed by atoms with Crippen LogP contribution in [0, 0.1) is 0 Å². The highest BCUT2D eigenvalue weighted by Gasteiger charge is 2.09. The van der Waals surface area contributed by atoms with Gasteiger partial charge >= 0.3 is 5.97 Å². The Hall–Kier alpha value is -2.86. The molecule has 0 heterocycles. The molecule has 0 aromatic heterocycles. The third kappa shape index (κ3) is 5.93. The van der Waals surface area contributed by atoms with Gasteiger partial charge in [-0.15, -0.1) is 0 Å². The van der Waals surface area contributed by atoms with Gasteiger partial charge in [0.2, 0.25) is 5.91 Å². The SMILES string of the molecule is CCC(=O)Nc1ccc(OC(=O)c2ccc(OCCOC)cc2)cc1. The lowest BCUT2D eigenvalue weighted by molar-refractivity contribution is -0.115. The van der Waals surface area contributed by atoms with E-state index in [9.17, 15) is 9.59 Å². The van der Waals surface area contributed by atoms with Crippen molar-refractivity contribution in [3.05, 3.63) is 54.1 Å². The summed E-state index contributed by atoms with van der Waals surface area (Å²) < 4.78 is 15.7. The molecular formula is C19H21NO5. The monoisotopic (exact) mass is 343 g/mol. The minimum atomic E-state index is -0.464. The maximum atomic E-state index is 12.1. The van der Waals surface area contributed by atoms with Crippen molar-refractivity contribution in [2.45, 2.75) is 13.3 Å². The molecule has 0 atom stereocenters. The molecule has 0 unspecified atom stereocenters. The fraction of sp³-hybridized carbons (Fsp3) is 0.263. The van der Waals surface area contributed by atoms with Crippen LogP contribution in [0.5, 0.6) is 11.5 Å². The van der Waals surface area contributed by atoms with Crippen molar-refractivity contribution in [3.8, 4) is 11.5 Å². The van der Waals surface area contributed by atoms with E-state index in [1.807, 2.05) is 0 Å². The summed E-state index contributed by atoms with van der Waals surface area (Å²) in [6, 6.07) is 13.3. The number of anilines is 1. The van der Waals surface area contributed by atoms with Gasteiger partial charge in [-0.2, -0.15) is 0 Å². The van der Waals surface area contributed by atoms with Gasteiger partial charge in [-0.3, -0.25) is 4.79 Å². The molecule has 2 rings (SSSR count). The van der Waals surface area contributed by atoms with Gasteiger partial charge in [0.05, 0.1) is 12.2 Å². The third-order valence-corrected chi connectivity index (χ3v) is 3.32. The quantitative estimate of drug-likeness (QED) is 0.452. The summed E-state index contributed by atoms with van der Waals surface area (Å²) in [6.45, 7) is 2.72. The van der Waals surface area contributed by atoms with Crippen molar-refractivity contribution in [2.75, 3.05) is 25.6 Å². The van der Waals surface area contributed by atoms with Crippen molar-refractivity contribution in [1.29, 1.82) is 0 Å². The number of carbonyl (C=O) groups is 2. The van der Waals surface area contributed by atoms with E-state index >= 15 is 0 Å². The van der Waals surface area contributed by atoms with Crippen molar-refractivity contribution >= 4 is 17.6 Å². The first-order valence-corrected chi connectivity index (χ1v) is 7.96. The summed E-state index contributed by atoms with van der Waals surface area (Å²) >= 11 is 0. The molecule has 132 valence electrons. The van der Waals surface area contributed by atoms with E-state index in [1.54, 1.807) is 62.6 Å². The number of hydrogen-bond donors (Lipinski definition) is 1. The summed E-state index contributed by atoms with van der Waals surface area (Å²) in [5, 5.41) is 2.73. The first-order chi connectivity index (χ1) is 12.1. The number of benzene rings is 2. The van der Waals surface area contributed by atoms with Crippen LogP contribution in [0.2, 0.25) is 0 Å². The number of rotatable bonds is 8. The van der Waals surface area contributed by atoms with Crippen molar-refractivity contribution < 1.29 is 23.8 Å². The molecule has 25 heavy (non-hydrogen) atoms. The predicted octanol–water partition coefficient (Wildman–Crippen LogP) is 3.28. The van der Waals surface area contributed by atoms with Crippen LogP contribution >= 0.6 is 0 Å². The van der Waals surface area contributed by atoms with Gasteiger partial charge in [0.1, 0.15) is 18.1 Å². The standard InChI is InChI=1S/C19H21NO5/c1-3-18(21)20-15-6-10-17(11-7-15)25-19(22)14-4-8-16(9-5-14)24-13-12-23-2/h4-11H,3,12-13H2,1-2H3,(H,20,21). The number of hydrogen-bond acceptors (Lipinski definition) is 5. The number of methoxy groups -OCH3 is 1. The second-order valence-electron chi connectivity index (χ2n) is 5.18. The first kappa shape index (κ1) is 18.5. The van der Waals surface area contributed by atoms with Crippen LogP contribution < -0.4 is 14.8 Å². The summed E-state index contributed by atoms with van der Waals surface area (Å²) in [5.74, 6) is 0.524. The zero-order valence-corrected chi connectivity index (χ0v) is 14.3. The summed E-state index contributed by atoms with van der Waals surface area (Å²) in [5.41, 5.74) is 1.08. The molecule has 0 aliphatic rings. The van der Waals surface area contributed by atoms with E-state index in [0.717, 1.165) is 0 Å². The average molecular weight is 343 g/mol. The molecule has 0 aliphatic heterocycles. The zero-order valence-electron chi connectivity index (χ0n) is 14.3. The Kier molecular flexibility index (Phi) is 6.98. The van der Waals surface area contributed by atoms with Crippen LogP contribution in [0.15, 0.2) is 48.5 Å². The van der Waals surface area contributed by atoms with Gasteiger partial charge in [0.15, 0.2) is 0 Å². The van der Waals surface area contributed by atoms with Crippen LogP contribution in [0.3, 0.4) is 0 Å². The highest BCUT2D eigenvalue weighted by Crippen LogP contribution is 2.18. The molecule has 0 spiro atoms. The molecule has 2 aromatic carbocycles. The number of carbonyl (C=O) groups excluding carboxylic acids is 2. The zero-order chi connectivity index (χ0) is 18.1. The van der Waals surface area contributed by atoms with Gasteiger partial charge in [-0.25, -0.2) is 4.79 Å². The summed E-state index contributed by atoms with van der Waals surface area (Å²) in [4.78, 5) is 23.5. The number of nitrogens with one attached hydrogen (secondary N) is 1. The van der Waals surface area contributed by atoms with Gasteiger partial charge in [0, 0.05) is 19.2 Å². The molecule has 0 radical (unpaired) electrons. The van der Waals surface area contributed by atoms with Crippen LogP contribution in [-0.4, -0.2) is 32.2 Å². The molecule has 6 nitrogen and oxygen atoms in total. The largest absolute Gasteiger partial charge is 0.491 e. The highest BCUT2D eigenvalue weighted by atomic mass is 16.5. The van der Waals surface area contributed by atoms with E-state index in [0.29, 0.717) is 42.4 Å². The Labute approximate surface area is 146 Å². The second-order valence-corrected chi connectivity index (χ2v) is 5.18. The summed E-state index contributed by atoms with van der Waals surface area (Å²) in [7, 11) is 1.60. The Bertz CT molecular complexity index is 695. The van der Waals surface area contributed by atoms with E-state index in [4.69, 9.17) is 14.2 Å². The molecule has 0 fully saturated rings. The lowest BCUT2D eigenvalue weighted by atomic mass is 10.2. The van der Waals surface area contributed by atoms with E-state index in [1.165, 1.54) is 0 Å². The molecule has 6 heteroatoms. The van der Waals surface area contributed by atoms with Crippen molar-refractivity contribution in [3.63, 3.8) is 0 Å². The molecule has 2 aromatic rings. The molecule has 1 amide bonds. The Morgan fingerprint density at radius 3 is 2.16 bits per heavy atom. The maximum absolute atomic E-state index is 12.1. The normalized spacial score (nSPS) is 10.2. The Morgan fingerprint density at radius 2 is 1.56 bits per heavy atom.